The summed E-state index contributed by atoms with van der Waals surface area (Å²) in [5.74, 6) is 0.129. The second-order valence-electron chi connectivity index (χ2n) is 7.30. The van der Waals surface area contributed by atoms with Gasteiger partial charge in [-0.25, -0.2) is 9.79 Å². The molecule has 0 fully saturated rings. The first-order valence-electron chi connectivity index (χ1n) is 10.1. The van der Waals surface area contributed by atoms with Crippen molar-refractivity contribution in [2.24, 2.45) is 4.99 Å². The molecule has 4 rings (SSSR count). The molecule has 6 nitrogen and oxygen atoms in total. The third kappa shape index (κ3) is 4.55. The van der Waals surface area contributed by atoms with E-state index in [2.05, 4.69) is 11.6 Å². The van der Waals surface area contributed by atoms with E-state index in [4.69, 9.17) is 21.1 Å². The number of hydrogen-bond donors (Lipinski definition) is 0. The van der Waals surface area contributed by atoms with Crippen molar-refractivity contribution in [1.82, 2.24) is 4.57 Å². The summed E-state index contributed by atoms with van der Waals surface area (Å²) in [6, 6.07) is 13.8. The first-order chi connectivity index (χ1) is 15.9. The van der Waals surface area contributed by atoms with Gasteiger partial charge in [-0.15, -0.1) is 0 Å². The molecule has 0 unspecified atom stereocenters. The van der Waals surface area contributed by atoms with Crippen LogP contribution in [0.3, 0.4) is 0 Å². The fraction of sp³-hybridized carbons (Fsp3) is 0.160. The van der Waals surface area contributed by atoms with E-state index < -0.39 is 12.0 Å². The Hall–Kier alpha value is -3.42. The summed E-state index contributed by atoms with van der Waals surface area (Å²) in [6.45, 7) is 5.40. The number of nitrogens with zero attached hydrogens (tertiary/aromatic N) is 2. The lowest BCUT2D eigenvalue weighted by atomic mass is 9.96. The van der Waals surface area contributed by atoms with Gasteiger partial charge in [0.15, 0.2) is 4.80 Å². The van der Waals surface area contributed by atoms with E-state index in [9.17, 15) is 9.59 Å². The summed E-state index contributed by atoms with van der Waals surface area (Å²) in [6.07, 6.45) is 3.27. The molecule has 1 aromatic heterocycles. The molecular weight excluding hydrogens is 460 g/mol. The molecule has 8 heteroatoms. The lowest BCUT2D eigenvalue weighted by Gasteiger charge is -2.24. The van der Waals surface area contributed by atoms with E-state index >= 15 is 0 Å². The SMILES string of the molecule is C=CCOC(=O)C1=C(C)N=c2s/c(=C/c3cccc(Cl)c3)c(=O)n2[C@H]1c1ccc(OC)cc1. The molecule has 3 aromatic rings. The van der Waals surface area contributed by atoms with Crippen molar-refractivity contribution in [3.8, 4) is 5.75 Å². The van der Waals surface area contributed by atoms with Gasteiger partial charge in [0, 0.05) is 5.02 Å². The van der Waals surface area contributed by atoms with E-state index in [1.165, 1.54) is 17.4 Å². The van der Waals surface area contributed by atoms with Gasteiger partial charge in [-0.3, -0.25) is 9.36 Å². The number of rotatable bonds is 6. The van der Waals surface area contributed by atoms with Crippen molar-refractivity contribution in [3.63, 3.8) is 0 Å². The average molecular weight is 481 g/mol. The minimum absolute atomic E-state index is 0.0597. The number of esters is 1. The molecule has 1 aliphatic heterocycles. The number of aromatic nitrogens is 1. The van der Waals surface area contributed by atoms with E-state index in [1.807, 2.05) is 24.3 Å². The average Bonchev–Trinajstić information content (AvgIpc) is 3.11. The zero-order valence-corrected chi connectivity index (χ0v) is 19.7. The van der Waals surface area contributed by atoms with Crippen LogP contribution in [0.25, 0.3) is 6.08 Å². The van der Waals surface area contributed by atoms with Gasteiger partial charge in [-0.2, -0.15) is 0 Å². The van der Waals surface area contributed by atoms with Crippen LogP contribution in [0.5, 0.6) is 5.75 Å². The van der Waals surface area contributed by atoms with Crippen LogP contribution in [-0.4, -0.2) is 24.3 Å². The van der Waals surface area contributed by atoms with Gasteiger partial charge in [0.05, 0.1) is 29.0 Å². The number of carbonyl (C=O) groups excluding carboxylic acids is 1. The van der Waals surface area contributed by atoms with Crippen molar-refractivity contribution >= 4 is 35.0 Å². The Kier molecular flexibility index (Phi) is 6.62. The molecular formula is C25H21ClN2O4S. The quantitative estimate of drug-likeness (QED) is 0.399. The minimum atomic E-state index is -0.689. The number of carbonyl (C=O) groups is 1. The van der Waals surface area contributed by atoms with Gasteiger partial charge in [-0.05, 0) is 48.4 Å². The summed E-state index contributed by atoms with van der Waals surface area (Å²) in [4.78, 5) is 31.6. The highest BCUT2D eigenvalue weighted by molar-refractivity contribution is 7.07. The van der Waals surface area contributed by atoms with Crippen molar-refractivity contribution in [3.05, 3.63) is 108 Å². The molecule has 33 heavy (non-hydrogen) atoms. The summed E-state index contributed by atoms with van der Waals surface area (Å²) in [5, 5.41) is 0.579. The van der Waals surface area contributed by atoms with E-state index in [1.54, 1.807) is 48.9 Å². The van der Waals surface area contributed by atoms with E-state index in [-0.39, 0.29) is 12.2 Å². The van der Waals surface area contributed by atoms with Crippen molar-refractivity contribution in [2.45, 2.75) is 13.0 Å². The fourth-order valence-electron chi connectivity index (χ4n) is 3.64. The van der Waals surface area contributed by atoms with Gasteiger partial charge in [0.25, 0.3) is 5.56 Å². The molecule has 2 aromatic carbocycles. The predicted octanol–water partition coefficient (Wildman–Crippen LogP) is 3.63. The summed E-state index contributed by atoms with van der Waals surface area (Å²) >= 11 is 7.36. The molecule has 0 amide bonds. The molecule has 0 bridgehead atoms. The third-order valence-electron chi connectivity index (χ3n) is 5.15. The highest BCUT2D eigenvalue weighted by Gasteiger charge is 2.33. The van der Waals surface area contributed by atoms with Gasteiger partial charge in [0.2, 0.25) is 0 Å². The van der Waals surface area contributed by atoms with Crippen LogP contribution in [0, 0.1) is 0 Å². The van der Waals surface area contributed by atoms with Crippen LogP contribution in [0.15, 0.2) is 82.2 Å². The van der Waals surface area contributed by atoms with Crippen molar-refractivity contribution in [1.29, 1.82) is 0 Å². The second kappa shape index (κ2) is 9.60. The molecule has 0 radical (unpaired) electrons. The van der Waals surface area contributed by atoms with Crippen LogP contribution in [0.1, 0.15) is 24.1 Å². The van der Waals surface area contributed by atoms with Gasteiger partial charge in [0.1, 0.15) is 12.4 Å². The minimum Gasteiger partial charge on any atom is -0.497 e. The third-order valence-corrected chi connectivity index (χ3v) is 6.37. The molecule has 0 saturated heterocycles. The summed E-state index contributed by atoms with van der Waals surface area (Å²) in [7, 11) is 1.58. The van der Waals surface area contributed by atoms with Gasteiger partial charge < -0.3 is 9.47 Å². The highest BCUT2D eigenvalue weighted by atomic mass is 35.5. The Labute approximate surface area is 199 Å². The number of methoxy groups -OCH3 is 1. The van der Waals surface area contributed by atoms with Crippen LogP contribution >= 0.6 is 22.9 Å². The maximum absolute atomic E-state index is 13.5. The molecule has 0 N–H and O–H groups in total. The van der Waals surface area contributed by atoms with Crippen LogP contribution in [0.4, 0.5) is 0 Å². The second-order valence-corrected chi connectivity index (χ2v) is 8.74. The maximum atomic E-state index is 13.5. The van der Waals surface area contributed by atoms with E-state index in [0.717, 1.165) is 11.1 Å². The van der Waals surface area contributed by atoms with Crippen LogP contribution < -0.4 is 19.6 Å². The smallest absolute Gasteiger partial charge is 0.338 e. The normalized spacial score (nSPS) is 15.6. The number of hydrogen-bond acceptors (Lipinski definition) is 6. The van der Waals surface area contributed by atoms with Crippen LogP contribution in [0.2, 0.25) is 5.02 Å². The maximum Gasteiger partial charge on any atom is 0.338 e. The summed E-state index contributed by atoms with van der Waals surface area (Å²) in [5.41, 5.74) is 2.10. The number of halogens is 1. The standard InChI is InChI=1S/C25H21ClN2O4S/c1-4-12-32-24(30)21-15(2)27-25-28(22(21)17-8-10-19(31-3)11-9-17)23(29)20(33-25)14-16-6-5-7-18(26)13-16/h4-11,13-14,22H,1,12H2,2-3H3/b20-14+/t22-/m0/s1. The number of fused-ring (bicyclic) bond motifs is 1. The topological polar surface area (TPSA) is 69.9 Å². The number of benzene rings is 2. The lowest BCUT2D eigenvalue weighted by molar-refractivity contribution is -0.138. The fourth-order valence-corrected chi connectivity index (χ4v) is 4.89. The van der Waals surface area contributed by atoms with Crippen molar-refractivity contribution < 1.29 is 14.3 Å². The molecule has 1 aliphatic rings. The molecule has 0 saturated carbocycles. The van der Waals surface area contributed by atoms with E-state index in [0.29, 0.717) is 31.4 Å². The Bertz CT molecular complexity index is 1430. The lowest BCUT2D eigenvalue weighted by Crippen LogP contribution is -2.39. The first kappa shape index (κ1) is 22.8. The van der Waals surface area contributed by atoms with Gasteiger partial charge >= 0.3 is 5.97 Å². The number of allylic oxidation sites excluding steroid dienone is 1. The Balaban J connectivity index is 1.92. The molecule has 1 atom stereocenters. The first-order valence-corrected chi connectivity index (χ1v) is 11.3. The number of thiazole rings is 1. The number of ether oxygens (including phenoxy) is 2. The molecule has 0 spiro atoms. The zero-order chi connectivity index (χ0) is 23.5. The molecule has 0 aliphatic carbocycles. The zero-order valence-electron chi connectivity index (χ0n) is 18.1. The Morgan fingerprint density at radius 2 is 2.03 bits per heavy atom. The molecule has 168 valence electrons. The monoisotopic (exact) mass is 480 g/mol. The van der Waals surface area contributed by atoms with Crippen LogP contribution in [-0.2, 0) is 9.53 Å². The van der Waals surface area contributed by atoms with Gasteiger partial charge in [-0.1, -0.05) is 59.9 Å². The predicted molar refractivity (Wildman–Crippen MR) is 129 cm³/mol. The Morgan fingerprint density at radius 3 is 2.70 bits per heavy atom. The molecule has 2 heterocycles. The summed E-state index contributed by atoms with van der Waals surface area (Å²) < 4.78 is 12.6. The highest BCUT2D eigenvalue weighted by Crippen LogP contribution is 2.31. The largest absolute Gasteiger partial charge is 0.497 e. The Morgan fingerprint density at radius 1 is 1.27 bits per heavy atom. The van der Waals surface area contributed by atoms with Crippen molar-refractivity contribution in [2.75, 3.05) is 13.7 Å².